The van der Waals surface area contributed by atoms with Crippen LogP contribution in [0.3, 0.4) is 0 Å². The Morgan fingerprint density at radius 3 is 2.76 bits per heavy atom. The van der Waals surface area contributed by atoms with Crippen LogP contribution < -0.4 is 0 Å². The maximum atomic E-state index is 10.6. The van der Waals surface area contributed by atoms with Crippen LogP contribution in [-0.4, -0.2) is 12.6 Å². The molecule has 17 heavy (non-hydrogen) atoms. The molecule has 2 heteroatoms. The molecule has 0 spiro atoms. The van der Waals surface area contributed by atoms with E-state index in [-0.39, 0.29) is 5.97 Å². The number of carbonyl (C=O) groups excluding carboxylic acids is 1. The van der Waals surface area contributed by atoms with E-state index in [2.05, 4.69) is 18.2 Å². The summed E-state index contributed by atoms with van der Waals surface area (Å²) in [6.45, 7) is 1.73. The second-order valence-electron chi connectivity index (χ2n) is 3.77. The molecule has 0 N–H and O–H groups in total. The molecule has 86 valence electrons. The fraction of sp³-hybridized carbons (Fsp3) is 0.133. The highest BCUT2D eigenvalue weighted by Crippen LogP contribution is 2.19. The van der Waals surface area contributed by atoms with Crippen molar-refractivity contribution < 1.29 is 9.53 Å². The molecular formula is C15H14O2. The molecule has 0 bridgehead atoms. The van der Waals surface area contributed by atoms with Gasteiger partial charge in [0.1, 0.15) is 6.61 Å². The van der Waals surface area contributed by atoms with E-state index in [1.807, 2.05) is 36.4 Å². The lowest BCUT2D eigenvalue weighted by Gasteiger charge is -2.01. The maximum absolute atomic E-state index is 10.6. The summed E-state index contributed by atoms with van der Waals surface area (Å²) >= 11 is 0. The molecule has 2 nitrogen and oxygen atoms in total. The average molecular weight is 226 g/mol. The quantitative estimate of drug-likeness (QED) is 0.749. The molecule has 0 heterocycles. The number of carbonyl (C=O) groups is 1. The Labute approximate surface area is 101 Å². The lowest BCUT2D eigenvalue weighted by Crippen LogP contribution is -1.97. The van der Waals surface area contributed by atoms with E-state index in [0.717, 1.165) is 5.56 Å². The molecule has 0 saturated heterocycles. The van der Waals surface area contributed by atoms with E-state index in [1.54, 1.807) is 0 Å². The highest BCUT2D eigenvalue weighted by Gasteiger charge is 1.96. The Kier molecular flexibility index (Phi) is 3.55. The third kappa shape index (κ3) is 2.94. The summed E-state index contributed by atoms with van der Waals surface area (Å²) in [6.07, 6.45) is 3.83. The van der Waals surface area contributed by atoms with Gasteiger partial charge >= 0.3 is 5.97 Å². The minimum Gasteiger partial charge on any atom is -0.462 e. The molecule has 2 aromatic carbocycles. The van der Waals surface area contributed by atoms with Crippen LogP contribution in [-0.2, 0) is 9.53 Å². The van der Waals surface area contributed by atoms with E-state index in [0.29, 0.717) is 6.61 Å². The Balaban J connectivity index is 2.21. The molecule has 0 radical (unpaired) electrons. The third-order valence-electron chi connectivity index (χ3n) is 2.50. The number of fused-ring (bicyclic) bond motifs is 1. The maximum Gasteiger partial charge on any atom is 0.302 e. The Hall–Kier alpha value is -2.09. The van der Waals surface area contributed by atoms with E-state index in [9.17, 15) is 4.79 Å². The van der Waals surface area contributed by atoms with E-state index in [4.69, 9.17) is 4.74 Å². The van der Waals surface area contributed by atoms with Gasteiger partial charge in [-0.05, 0) is 22.4 Å². The molecule has 0 unspecified atom stereocenters. The van der Waals surface area contributed by atoms with Gasteiger partial charge in [-0.15, -0.1) is 0 Å². The zero-order valence-corrected chi connectivity index (χ0v) is 9.72. The van der Waals surface area contributed by atoms with Gasteiger partial charge in [-0.1, -0.05) is 48.5 Å². The van der Waals surface area contributed by atoms with Crippen LogP contribution in [0.2, 0.25) is 0 Å². The van der Waals surface area contributed by atoms with Gasteiger partial charge < -0.3 is 4.74 Å². The van der Waals surface area contributed by atoms with Gasteiger partial charge in [-0.2, -0.15) is 0 Å². The average Bonchev–Trinajstić information content (AvgIpc) is 2.34. The standard InChI is InChI=1S/C15H14O2/c1-12(16)17-11-5-9-14-8-4-7-13-6-2-3-10-15(13)14/h2-10H,11H2,1H3. The number of ether oxygens (including phenoxy) is 1. The predicted octanol–water partition coefficient (Wildman–Crippen LogP) is 3.42. The Morgan fingerprint density at radius 1 is 1.18 bits per heavy atom. The van der Waals surface area contributed by atoms with Crippen LogP contribution in [0, 0.1) is 0 Å². The minimum atomic E-state index is -0.257. The number of hydrogen-bond acceptors (Lipinski definition) is 2. The summed E-state index contributed by atoms with van der Waals surface area (Å²) in [4.78, 5) is 10.6. The second kappa shape index (κ2) is 5.30. The summed E-state index contributed by atoms with van der Waals surface area (Å²) in [5.41, 5.74) is 1.13. The number of esters is 1. The van der Waals surface area contributed by atoms with Crippen molar-refractivity contribution in [2.75, 3.05) is 6.61 Å². The van der Waals surface area contributed by atoms with Gasteiger partial charge in [-0.3, -0.25) is 4.79 Å². The summed E-state index contributed by atoms with van der Waals surface area (Å²) in [5, 5.41) is 2.41. The van der Waals surface area contributed by atoms with Crippen molar-refractivity contribution >= 4 is 22.8 Å². The molecule has 0 fully saturated rings. The molecule has 0 amide bonds. The van der Waals surface area contributed by atoms with Crippen molar-refractivity contribution in [3.05, 3.63) is 54.1 Å². The lowest BCUT2D eigenvalue weighted by molar-refractivity contribution is -0.139. The summed E-state index contributed by atoms with van der Waals surface area (Å²) < 4.78 is 4.85. The number of benzene rings is 2. The number of rotatable bonds is 3. The monoisotopic (exact) mass is 226 g/mol. The molecular weight excluding hydrogens is 212 g/mol. The van der Waals surface area contributed by atoms with Crippen molar-refractivity contribution in [3.8, 4) is 0 Å². The predicted molar refractivity (Wildman–Crippen MR) is 69.6 cm³/mol. The van der Waals surface area contributed by atoms with Crippen molar-refractivity contribution in [2.45, 2.75) is 6.92 Å². The van der Waals surface area contributed by atoms with Gasteiger partial charge in [0.05, 0.1) is 0 Å². The molecule has 0 aliphatic rings. The molecule has 0 aromatic heterocycles. The first-order valence-electron chi connectivity index (χ1n) is 5.55. The summed E-state index contributed by atoms with van der Waals surface area (Å²) in [7, 11) is 0. The van der Waals surface area contributed by atoms with Crippen molar-refractivity contribution in [1.82, 2.24) is 0 Å². The highest BCUT2D eigenvalue weighted by atomic mass is 16.5. The van der Waals surface area contributed by atoms with E-state index in [1.165, 1.54) is 17.7 Å². The Bertz CT molecular complexity index is 550. The topological polar surface area (TPSA) is 26.3 Å². The van der Waals surface area contributed by atoms with Crippen LogP contribution in [0.25, 0.3) is 16.8 Å². The normalized spacial score (nSPS) is 10.9. The van der Waals surface area contributed by atoms with E-state index >= 15 is 0 Å². The minimum absolute atomic E-state index is 0.257. The molecule has 0 atom stereocenters. The van der Waals surface area contributed by atoms with Gasteiger partial charge in [-0.25, -0.2) is 0 Å². The van der Waals surface area contributed by atoms with Crippen LogP contribution in [0.15, 0.2) is 48.5 Å². The molecule has 0 saturated carbocycles. The van der Waals surface area contributed by atoms with Crippen molar-refractivity contribution in [3.63, 3.8) is 0 Å². The van der Waals surface area contributed by atoms with Crippen LogP contribution in [0.1, 0.15) is 12.5 Å². The van der Waals surface area contributed by atoms with Gasteiger partial charge in [0.15, 0.2) is 0 Å². The number of hydrogen-bond donors (Lipinski definition) is 0. The third-order valence-corrected chi connectivity index (χ3v) is 2.50. The zero-order chi connectivity index (χ0) is 12.1. The lowest BCUT2D eigenvalue weighted by atomic mass is 10.0. The fourth-order valence-electron chi connectivity index (χ4n) is 1.74. The summed E-state index contributed by atoms with van der Waals surface area (Å²) in [5.74, 6) is -0.257. The smallest absolute Gasteiger partial charge is 0.302 e. The molecule has 2 aromatic rings. The highest BCUT2D eigenvalue weighted by molar-refractivity contribution is 5.90. The molecule has 0 aliphatic heterocycles. The SMILES string of the molecule is CC(=O)OCC=Cc1cccc2ccccc12. The fourth-order valence-corrected chi connectivity index (χ4v) is 1.74. The van der Waals surface area contributed by atoms with Crippen molar-refractivity contribution in [2.24, 2.45) is 0 Å². The first-order valence-corrected chi connectivity index (χ1v) is 5.55. The van der Waals surface area contributed by atoms with Gasteiger partial charge in [0.2, 0.25) is 0 Å². The van der Waals surface area contributed by atoms with Crippen LogP contribution in [0.4, 0.5) is 0 Å². The van der Waals surface area contributed by atoms with Crippen LogP contribution >= 0.6 is 0 Å². The largest absolute Gasteiger partial charge is 0.462 e. The summed E-state index contributed by atoms with van der Waals surface area (Å²) in [6, 6.07) is 14.4. The van der Waals surface area contributed by atoms with Gasteiger partial charge in [0, 0.05) is 6.92 Å². The van der Waals surface area contributed by atoms with Crippen LogP contribution in [0.5, 0.6) is 0 Å². The van der Waals surface area contributed by atoms with Crippen molar-refractivity contribution in [1.29, 1.82) is 0 Å². The molecule has 0 aliphatic carbocycles. The first kappa shape index (κ1) is 11.4. The van der Waals surface area contributed by atoms with E-state index < -0.39 is 0 Å². The second-order valence-corrected chi connectivity index (χ2v) is 3.77. The van der Waals surface area contributed by atoms with Gasteiger partial charge in [0.25, 0.3) is 0 Å². The zero-order valence-electron chi connectivity index (χ0n) is 9.72. The Morgan fingerprint density at radius 2 is 1.94 bits per heavy atom. The first-order chi connectivity index (χ1) is 8.27. The molecule has 2 rings (SSSR count).